The third-order valence-corrected chi connectivity index (χ3v) is 4.32. The highest BCUT2D eigenvalue weighted by atomic mass is 79.9. The topological polar surface area (TPSA) is 21.3 Å². The van der Waals surface area contributed by atoms with Gasteiger partial charge in [0.2, 0.25) is 0 Å². The number of ether oxygens (including phenoxy) is 1. The fraction of sp³-hybridized carbons (Fsp3) is 0.200. The summed E-state index contributed by atoms with van der Waals surface area (Å²) >= 11 is 9.46. The van der Waals surface area contributed by atoms with E-state index in [-0.39, 0.29) is 17.6 Å². The second-order valence-corrected chi connectivity index (χ2v) is 5.52. The number of nitrogens with one attached hydrogen (secondary N) is 1. The minimum atomic E-state index is -0.367. The first-order valence-electron chi connectivity index (χ1n) is 6.03. The van der Waals surface area contributed by atoms with E-state index in [1.165, 1.54) is 7.11 Å². The second kappa shape index (κ2) is 6.57. The molecule has 0 saturated carbocycles. The van der Waals surface area contributed by atoms with Gasteiger partial charge in [0.1, 0.15) is 0 Å². The molecule has 0 aliphatic heterocycles. The molecule has 0 bridgehead atoms. The molecule has 0 spiro atoms. The van der Waals surface area contributed by atoms with Crippen LogP contribution in [0, 0.1) is 5.82 Å². The molecule has 1 N–H and O–H groups in total. The number of hydrogen-bond donors (Lipinski definition) is 1. The summed E-state index contributed by atoms with van der Waals surface area (Å²) < 4.78 is 20.2. The summed E-state index contributed by atoms with van der Waals surface area (Å²) in [4.78, 5) is 0. The largest absolute Gasteiger partial charge is 0.494 e. The van der Waals surface area contributed by atoms with Crippen LogP contribution in [0.2, 0.25) is 5.02 Å². The summed E-state index contributed by atoms with van der Waals surface area (Å²) in [5, 5.41) is 3.69. The van der Waals surface area contributed by atoms with E-state index in [0.29, 0.717) is 10.6 Å². The summed E-state index contributed by atoms with van der Waals surface area (Å²) in [6, 6.07) is 10.4. The van der Waals surface area contributed by atoms with Gasteiger partial charge in [-0.3, -0.25) is 0 Å². The summed E-state index contributed by atoms with van der Waals surface area (Å²) in [5.41, 5.74) is 1.40. The Kier molecular flexibility index (Phi) is 5.02. The molecule has 0 heterocycles. The molecular formula is C15H14BrClFNO. The molecule has 1 unspecified atom stereocenters. The van der Waals surface area contributed by atoms with Crippen LogP contribution in [0.3, 0.4) is 0 Å². The molecule has 5 heteroatoms. The normalized spacial score (nSPS) is 12.2. The Morgan fingerprint density at radius 3 is 2.65 bits per heavy atom. The van der Waals surface area contributed by atoms with Crippen LogP contribution in [0.4, 0.5) is 4.39 Å². The van der Waals surface area contributed by atoms with Gasteiger partial charge in [-0.1, -0.05) is 29.8 Å². The Morgan fingerprint density at radius 1 is 1.30 bits per heavy atom. The Hall–Kier alpha value is -1.10. The minimum Gasteiger partial charge on any atom is -0.494 e. The number of halogens is 3. The van der Waals surface area contributed by atoms with Crippen molar-refractivity contribution in [3.8, 4) is 5.75 Å². The predicted molar refractivity (Wildman–Crippen MR) is 83.0 cm³/mol. The van der Waals surface area contributed by atoms with Crippen molar-refractivity contribution in [3.63, 3.8) is 0 Å². The van der Waals surface area contributed by atoms with Gasteiger partial charge < -0.3 is 10.1 Å². The van der Waals surface area contributed by atoms with Crippen LogP contribution in [-0.4, -0.2) is 14.2 Å². The number of methoxy groups -OCH3 is 1. The highest BCUT2D eigenvalue weighted by molar-refractivity contribution is 9.10. The molecule has 2 nitrogen and oxygen atoms in total. The standard InChI is InChI=1S/C15H14BrClFNO/c1-19-15(9-6-7-11(16)12(17)8-9)10-4-3-5-13(20-2)14(10)18/h3-8,15,19H,1-2H3. The Balaban J connectivity index is 2.49. The molecule has 0 radical (unpaired) electrons. The van der Waals surface area contributed by atoms with Crippen molar-refractivity contribution in [2.75, 3.05) is 14.2 Å². The quantitative estimate of drug-likeness (QED) is 0.865. The highest BCUT2D eigenvalue weighted by Crippen LogP contribution is 2.32. The lowest BCUT2D eigenvalue weighted by Gasteiger charge is -2.19. The number of hydrogen-bond acceptors (Lipinski definition) is 2. The third-order valence-electron chi connectivity index (χ3n) is 3.09. The van der Waals surface area contributed by atoms with Crippen molar-refractivity contribution >= 4 is 27.5 Å². The Bertz CT molecular complexity index is 621. The van der Waals surface area contributed by atoms with E-state index in [2.05, 4.69) is 21.2 Å². The molecule has 0 saturated heterocycles. The lowest BCUT2D eigenvalue weighted by Crippen LogP contribution is -2.19. The van der Waals surface area contributed by atoms with E-state index in [0.717, 1.165) is 10.0 Å². The summed E-state index contributed by atoms with van der Waals surface area (Å²) in [7, 11) is 3.23. The zero-order valence-electron chi connectivity index (χ0n) is 11.1. The van der Waals surface area contributed by atoms with Gasteiger partial charge >= 0.3 is 0 Å². The smallest absolute Gasteiger partial charge is 0.170 e. The third kappa shape index (κ3) is 2.97. The first-order valence-corrected chi connectivity index (χ1v) is 7.20. The number of rotatable bonds is 4. The molecule has 106 valence electrons. The highest BCUT2D eigenvalue weighted by Gasteiger charge is 2.19. The van der Waals surface area contributed by atoms with E-state index in [4.69, 9.17) is 16.3 Å². The molecule has 0 fully saturated rings. The first kappa shape index (κ1) is 15.3. The average molecular weight is 359 g/mol. The van der Waals surface area contributed by atoms with E-state index >= 15 is 0 Å². The van der Waals surface area contributed by atoms with Gasteiger partial charge in [0.25, 0.3) is 0 Å². The molecule has 2 aromatic rings. The molecule has 0 aromatic heterocycles. The van der Waals surface area contributed by atoms with Crippen molar-refractivity contribution in [1.82, 2.24) is 5.32 Å². The molecule has 0 aliphatic carbocycles. The van der Waals surface area contributed by atoms with Gasteiger partial charge in [0.15, 0.2) is 11.6 Å². The maximum absolute atomic E-state index is 14.4. The molecule has 0 amide bonds. The SMILES string of the molecule is CNC(c1ccc(Br)c(Cl)c1)c1cccc(OC)c1F. The fourth-order valence-electron chi connectivity index (χ4n) is 2.10. The molecule has 20 heavy (non-hydrogen) atoms. The monoisotopic (exact) mass is 357 g/mol. The van der Waals surface area contributed by atoms with Crippen LogP contribution >= 0.6 is 27.5 Å². The second-order valence-electron chi connectivity index (χ2n) is 4.26. The fourth-order valence-corrected chi connectivity index (χ4v) is 2.54. The van der Waals surface area contributed by atoms with Gasteiger partial charge in [-0.15, -0.1) is 0 Å². The Labute approximate surface area is 131 Å². The summed E-state index contributed by atoms with van der Waals surface area (Å²) in [6.45, 7) is 0. The molecule has 2 aromatic carbocycles. The van der Waals surface area contributed by atoms with Crippen LogP contribution in [-0.2, 0) is 0 Å². The van der Waals surface area contributed by atoms with E-state index in [1.807, 2.05) is 18.2 Å². The van der Waals surface area contributed by atoms with Crippen LogP contribution in [0.5, 0.6) is 5.75 Å². The Morgan fingerprint density at radius 2 is 2.05 bits per heavy atom. The van der Waals surface area contributed by atoms with Gasteiger partial charge in [-0.25, -0.2) is 4.39 Å². The zero-order chi connectivity index (χ0) is 14.7. The van der Waals surface area contributed by atoms with Crippen molar-refractivity contribution in [2.24, 2.45) is 0 Å². The molecule has 0 aliphatic rings. The predicted octanol–water partition coefficient (Wildman–Crippen LogP) is 4.56. The first-order chi connectivity index (χ1) is 9.58. The van der Waals surface area contributed by atoms with Crippen molar-refractivity contribution in [1.29, 1.82) is 0 Å². The van der Waals surface area contributed by atoms with Crippen LogP contribution in [0.1, 0.15) is 17.2 Å². The van der Waals surface area contributed by atoms with Gasteiger partial charge in [0, 0.05) is 10.0 Å². The molecule has 1 atom stereocenters. The summed E-state index contributed by atoms with van der Waals surface area (Å²) in [5.74, 6) is -0.139. The minimum absolute atomic E-state index is 0.228. The summed E-state index contributed by atoms with van der Waals surface area (Å²) in [6.07, 6.45) is 0. The lowest BCUT2D eigenvalue weighted by molar-refractivity contribution is 0.382. The van der Waals surface area contributed by atoms with E-state index < -0.39 is 0 Å². The average Bonchev–Trinajstić information content (AvgIpc) is 2.45. The number of benzene rings is 2. The maximum Gasteiger partial charge on any atom is 0.170 e. The maximum atomic E-state index is 14.4. The van der Waals surface area contributed by atoms with E-state index in [9.17, 15) is 4.39 Å². The van der Waals surface area contributed by atoms with Gasteiger partial charge in [-0.2, -0.15) is 0 Å². The van der Waals surface area contributed by atoms with E-state index in [1.54, 1.807) is 25.2 Å². The van der Waals surface area contributed by atoms with Crippen LogP contribution in [0.15, 0.2) is 40.9 Å². The molecular weight excluding hydrogens is 345 g/mol. The van der Waals surface area contributed by atoms with Crippen molar-refractivity contribution in [2.45, 2.75) is 6.04 Å². The van der Waals surface area contributed by atoms with Gasteiger partial charge in [0.05, 0.1) is 18.2 Å². The van der Waals surface area contributed by atoms with Crippen LogP contribution < -0.4 is 10.1 Å². The van der Waals surface area contributed by atoms with Gasteiger partial charge in [-0.05, 0) is 46.7 Å². The van der Waals surface area contributed by atoms with Crippen molar-refractivity contribution < 1.29 is 9.13 Å². The zero-order valence-corrected chi connectivity index (χ0v) is 13.4. The van der Waals surface area contributed by atoms with Crippen molar-refractivity contribution in [3.05, 3.63) is 62.8 Å². The molecule has 2 rings (SSSR count). The van der Waals surface area contributed by atoms with Crippen LogP contribution in [0.25, 0.3) is 0 Å². The lowest BCUT2D eigenvalue weighted by atomic mass is 9.98.